The first-order chi connectivity index (χ1) is 9.52. The van der Waals surface area contributed by atoms with Crippen LogP contribution >= 0.6 is 11.3 Å². The molecular formula is C15H16F3NS. The quantitative estimate of drug-likeness (QED) is 0.779. The predicted octanol–water partition coefficient (Wildman–Crippen LogP) is 5.43. The molecule has 0 radical (unpaired) electrons. The van der Waals surface area contributed by atoms with Crippen molar-refractivity contribution in [3.8, 4) is 0 Å². The molecule has 3 rings (SSSR count). The first kappa shape index (κ1) is 13.7. The second-order valence-corrected chi connectivity index (χ2v) is 6.36. The molecule has 0 aliphatic heterocycles. The fourth-order valence-corrected chi connectivity index (χ4v) is 3.63. The summed E-state index contributed by atoms with van der Waals surface area (Å²) in [7, 11) is 0. The van der Waals surface area contributed by atoms with Crippen LogP contribution in [-0.4, -0.2) is 12.2 Å². The van der Waals surface area contributed by atoms with Crippen LogP contribution in [0.4, 0.5) is 18.9 Å². The van der Waals surface area contributed by atoms with Crippen LogP contribution in [0.25, 0.3) is 10.1 Å². The van der Waals surface area contributed by atoms with Gasteiger partial charge in [0.25, 0.3) is 0 Å². The van der Waals surface area contributed by atoms with Crippen LogP contribution in [0.15, 0.2) is 29.6 Å². The van der Waals surface area contributed by atoms with Gasteiger partial charge in [0.1, 0.15) is 0 Å². The summed E-state index contributed by atoms with van der Waals surface area (Å²) >= 11 is 1.69. The van der Waals surface area contributed by atoms with Crippen molar-refractivity contribution in [2.75, 3.05) is 5.32 Å². The molecule has 0 spiro atoms. The number of rotatable bonds is 2. The Morgan fingerprint density at radius 2 is 1.80 bits per heavy atom. The lowest BCUT2D eigenvalue weighted by molar-refractivity contribution is -0.182. The van der Waals surface area contributed by atoms with Crippen molar-refractivity contribution in [3.05, 3.63) is 29.6 Å². The van der Waals surface area contributed by atoms with Crippen molar-refractivity contribution in [1.82, 2.24) is 0 Å². The van der Waals surface area contributed by atoms with Gasteiger partial charge >= 0.3 is 6.18 Å². The summed E-state index contributed by atoms with van der Waals surface area (Å²) in [6, 6.07) is 8.36. The molecular weight excluding hydrogens is 283 g/mol. The highest BCUT2D eigenvalue weighted by Gasteiger charge is 2.41. The van der Waals surface area contributed by atoms with Gasteiger partial charge in [-0.15, -0.1) is 11.3 Å². The Morgan fingerprint density at radius 1 is 1.05 bits per heavy atom. The monoisotopic (exact) mass is 299 g/mol. The van der Waals surface area contributed by atoms with E-state index in [4.69, 9.17) is 0 Å². The lowest BCUT2D eigenvalue weighted by atomic mass is 9.85. The van der Waals surface area contributed by atoms with E-state index >= 15 is 0 Å². The third-order valence-corrected chi connectivity index (χ3v) is 4.91. The molecule has 5 heteroatoms. The zero-order chi connectivity index (χ0) is 14.2. The van der Waals surface area contributed by atoms with Gasteiger partial charge in [-0.3, -0.25) is 0 Å². The molecule has 0 amide bonds. The van der Waals surface area contributed by atoms with Crippen LogP contribution in [0.2, 0.25) is 0 Å². The first-order valence-corrected chi connectivity index (χ1v) is 7.71. The number of fused-ring (bicyclic) bond motifs is 1. The molecule has 20 heavy (non-hydrogen) atoms. The summed E-state index contributed by atoms with van der Waals surface area (Å²) < 4.78 is 39.1. The second-order valence-electron chi connectivity index (χ2n) is 5.41. The fraction of sp³-hybridized carbons (Fsp3) is 0.467. The number of halogens is 3. The minimum absolute atomic E-state index is 0.157. The van der Waals surface area contributed by atoms with Crippen molar-refractivity contribution >= 4 is 27.1 Å². The summed E-state index contributed by atoms with van der Waals surface area (Å²) in [6.45, 7) is 0. The van der Waals surface area contributed by atoms with Crippen LogP contribution in [0.1, 0.15) is 25.7 Å². The molecule has 108 valence electrons. The van der Waals surface area contributed by atoms with Crippen molar-refractivity contribution in [2.45, 2.75) is 37.9 Å². The van der Waals surface area contributed by atoms with Crippen molar-refractivity contribution < 1.29 is 13.2 Å². The molecule has 0 atom stereocenters. The number of benzene rings is 1. The third-order valence-electron chi connectivity index (χ3n) is 4.01. The minimum Gasteiger partial charge on any atom is -0.382 e. The Kier molecular flexibility index (Phi) is 3.63. The average molecular weight is 299 g/mol. The summed E-state index contributed by atoms with van der Waals surface area (Å²) in [5.41, 5.74) is 1.01. The number of anilines is 1. The number of alkyl halides is 3. The summed E-state index contributed by atoms with van der Waals surface area (Å²) in [6.07, 6.45) is -2.37. The molecule has 1 aliphatic carbocycles. The predicted molar refractivity (Wildman–Crippen MR) is 77.2 cm³/mol. The van der Waals surface area contributed by atoms with E-state index in [9.17, 15) is 13.2 Å². The number of nitrogens with one attached hydrogen (secondary N) is 1. The maximum Gasteiger partial charge on any atom is 0.391 e. The standard InChI is InChI=1S/C15H16F3NS/c16-15(17,18)11-1-3-12(4-2-11)19-13-5-6-14-10(9-13)7-8-20-14/h5-9,11-12,19H,1-4H2. The molecule has 0 bridgehead atoms. The Hall–Kier alpha value is -1.23. The van der Waals surface area contributed by atoms with Crippen LogP contribution in [0.3, 0.4) is 0 Å². The molecule has 1 aromatic heterocycles. The van der Waals surface area contributed by atoms with Gasteiger partial charge in [-0.2, -0.15) is 13.2 Å². The van der Waals surface area contributed by atoms with E-state index in [0.29, 0.717) is 12.8 Å². The number of hydrogen-bond donors (Lipinski definition) is 1. The number of thiophene rings is 1. The SMILES string of the molecule is FC(F)(F)C1CCC(Nc2ccc3sccc3c2)CC1. The molecule has 1 heterocycles. The fourth-order valence-electron chi connectivity index (χ4n) is 2.86. The van der Waals surface area contributed by atoms with E-state index in [2.05, 4.69) is 23.5 Å². The van der Waals surface area contributed by atoms with Crippen molar-refractivity contribution in [3.63, 3.8) is 0 Å². The van der Waals surface area contributed by atoms with Gasteiger partial charge in [-0.05, 0) is 60.7 Å². The van der Waals surface area contributed by atoms with Crippen LogP contribution < -0.4 is 5.32 Å². The van der Waals surface area contributed by atoms with E-state index < -0.39 is 12.1 Å². The Balaban J connectivity index is 1.62. The summed E-state index contributed by atoms with van der Waals surface area (Å²) in [5, 5.41) is 6.60. The maximum atomic E-state index is 12.6. The Labute approximate surface area is 119 Å². The zero-order valence-corrected chi connectivity index (χ0v) is 11.7. The average Bonchev–Trinajstić information content (AvgIpc) is 2.86. The molecule has 0 unspecified atom stereocenters. The topological polar surface area (TPSA) is 12.0 Å². The normalized spacial score (nSPS) is 23.9. The van der Waals surface area contributed by atoms with Crippen LogP contribution in [0.5, 0.6) is 0 Å². The van der Waals surface area contributed by atoms with E-state index in [1.54, 1.807) is 11.3 Å². The maximum absolute atomic E-state index is 12.6. The second kappa shape index (κ2) is 5.28. The third kappa shape index (κ3) is 2.92. The van der Waals surface area contributed by atoms with Gasteiger partial charge in [0.05, 0.1) is 5.92 Å². The Morgan fingerprint density at radius 3 is 2.50 bits per heavy atom. The van der Waals surface area contributed by atoms with Gasteiger partial charge in [0.15, 0.2) is 0 Å². The molecule has 1 N–H and O–H groups in total. The van der Waals surface area contributed by atoms with E-state index in [-0.39, 0.29) is 18.9 Å². The van der Waals surface area contributed by atoms with E-state index in [1.165, 1.54) is 10.1 Å². The highest BCUT2D eigenvalue weighted by atomic mass is 32.1. The smallest absolute Gasteiger partial charge is 0.382 e. The summed E-state index contributed by atoms with van der Waals surface area (Å²) in [5.74, 6) is -1.11. The Bertz CT molecular complexity index is 582. The molecule has 1 fully saturated rings. The van der Waals surface area contributed by atoms with Gasteiger partial charge in [0, 0.05) is 16.4 Å². The molecule has 0 saturated heterocycles. The van der Waals surface area contributed by atoms with Crippen LogP contribution in [0, 0.1) is 5.92 Å². The van der Waals surface area contributed by atoms with Crippen molar-refractivity contribution in [2.24, 2.45) is 5.92 Å². The van der Waals surface area contributed by atoms with Gasteiger partial charge in [0.2, 0.25) is 0 Å². The van der Waals surface area contributed by atoms with E-state index in [1.807, 2.05) is 11.4 Å². The highest BCUT2D eigenvalue weighted by Crippen LogP contribution is 2.38. The first-order valence-electron chi connectivity index (χ1n) is 6.83. The molecule has 1 nitrogen and oxygen atoms in total. The number of hydrogen-bond acceptors (Lipinski definition) is 2. The largest absolute Gasteiger partial charge is 0.391 e. The van der Waals surface area contributed by atoms with E-state index in [0.717, 1.165) is 5.69 Å². The van der Waals surface area contributed by atoms with Crippen molar-refractivity contribution in [1.29, 1.82) is 0 Å². The van der Waals surface area contributed by atoms with Gasteiger partial charge in [-0.25, -0.2) is 0 Å². The highest BCUT2D eigenvalue weighted by molar-refractivity contribution is 7.17. The molecule has 1 aromatic carbocycles. The zero-order valence-electron chi connectivity index (χ0n) is 10.9. The van der Waals surface area contributed by atoms with Gasteiger partial charge < -0.3 is 5.32 Å². The molecule has 2 aromatic rings. The molecule has 1 saturated carbocycles. The molecule has 1 aliphatic rings. The lowest BCUT2D eigenvalue weighted by Crippen LogP contribution is -2.32. The lowest BCUT2D eigenvalue weighted by Gasteiger charge is -2.30. The van der Waals surface area contributed by atoms with Crippen LogP contribution in [-0.2, 0) is 0 Å². The van der Waals surface area contributed by atoms with Gasteiger partial charge in [-0.1, -0.05) is 0 Å². The summed E-state index contributed by atoms with van der Waals surface area (Å²) in [4.78, 5) is 0. The minimum atomic E-state index is -4.03.